The molecule has 2 fully saturated rings. The van der Waals surface area contributed by atoms with E-state index in [2.05, 4.69) is 34.1 Å². The van der Waals surface area contributed by atoms with Crippen LogP contribution in [0.5, 0.6) is 0 Å². The van der Waals surface area contributed by atoms with Gasteiger partial charge in [0.1, 0.15) is 0 Å². The Morgan fingerprint density at radius 3 is 3.24 bits per heavy atom. The summed E-state index contributed by atoms with van der Waals surface area (Å²) in [6.07, 6.45) is 4.37. The van der Waals surface area contributed by atoms with E-state index >= 15 is 0 Å². The molecule has 0 bridgehead atoms. The van der Waals surface area contributed by atoms with Crippen LogP contribution in [0.3, 0.4) is 0 Å². The quantitative estimate of drug-likeness (QED) is 0.883. The highest BCUT2D eigenvalue weighted by Gasteiger charge is 2.38. The highest BCUT2D eigenvalue weighted by Crippen LogP contribution is 2.37. The van der Waals surface area contributed by atoms with Crippen molar-refractivity contribution >= 4 is 11.3 Å². The Morgan fingerprint density at radius 1 is 1.47 bits per heavy atom. The Labute approximate surface area is 108 Å². The van der Waals surface area contributed by atoms with Crippen LogP contribution in [0.15, 0.2) is 16.8 Å². The topological polar surface area (TPSA) is 15.3 Å². The summed E-state index contributed by atoms with van der Waals surface area (Å²) in [5.41, 5.74) is 1.46. The lowest BCUT2D eigenvalue weighted by molar-refractivity contribution is 0.260. The predicted octanol–water partition coefficient (Wildman–Crippen LogP) is 2.57. The monoisotopic (exact) mass is 250 g/mol. The van der Waals surface area contributed by atoms with Crippen molar-refractivity contribution < 1.29 is 0 Å². The summed E-state index contributed by atoms with van der Waals surface area (Å²) in [5.74, 6) is 1.94. The van der Waals surface area contributed by atoms with E-state index in [4.69, 9.17) is 0 Å². The molecule has 0 aromatic carbocycles. The van der Waals surface area contributed by atoms with E-state index in [1.165, 1.54) is 37.9 Å². The van der Waals surface area contributed by atoms with E-state index in [-0.39, 0.29) is 0 Å². The maximum Gasteiger partial charge on any atom is 0.0239 e. The van der Waals surface area contributed by atoms with Gasteiger partial charge in [0, 0.05) is 19.1 Å². The molecular weight excluding hydrogens is 228 g/mol. The Kier molecular flexibility index (Phi) is 3.50. The molecule has 2 aliphatic rings. The molecule has 1 N–H and O–H groups in total. The first kappa shape index (κ1) is 11.7. The van der Waals surface area contributed by atoms with Gasteiger partial charge >= 0.3 is 0 Å². The van der Waals surface area contributed by atoms with E-state index < -0.39 is 0 Å². The summed E-state index contributed by atoms with van der Waals surface area (Å²) in [4.78, 5) is 2.47. The molecule has 94 valence electrons. The summed E-state index contributed by atoms with van der Waals surface area (Å²) < 4.78 is 0. The highest BCUT2D eigenvalue weighted by molar-refractivity contribution is 7.07. The van der Waals surface area contributed by atoms with Crippen molar-refractivity contribution in [2.75, 3.05) is 20.1 Å². The number of likely N-dealkylation sites (N-methyl/N-ethyl adjacent to an activating group) is 1. The lowest BCUT2D eigenvalue weighted by atomic mass is 9.94. The summed E-state index contributed by atoms with van der Waals surface area (Å²) in [5, 5.41) is 8.16. The highest BCUT2D eigenvalue weighted by atomic mass is 32.1. The molecule has 17 heavy (non-hydrogen) atoms. The Bertz CT molecular complexity index is 349. The molecular formula is C14H22N2S. The SMILES string of the molecule is CN(Cc1ccsc1)CC1NCC2CCCC21. The normalized spacial score (nSPS) is 32.2. The molecule has 3 heteroatoms. The van der Waals surface area contributed by atoms with Gasteiger partial charge < -0.3 is 10.2 Å². The second kappa shape index (κ2) is 5.09. The maximum atomic E-state index is 3.73. The fourth-order valence-electron chi connectivity index (χ4n) is 3.60. The minimum atomic E-state index is 0.742. The van der Waals surface area contributed by atoms with Crippen molar-refractivity contribution in [2.24, 2.45) is 11.8 Å². The van der Waals surface area contributed by atoms with Crippen molar-refractivity contribution in [3.8, 4) is 0 Å². The lowest BCUT2D eigenvalue weighted by Crippen LogP contribution is -2.38. The van der Waals surface area contributed by atoms with Gasteiger partial charge in [-0.1, -0.05) is 6.42 Å². The van der Waals surface area contributed by atoms with Gasteiger partial charge in [-0.25, -0.2) is 0 Å². The predicted molar refractivity (Wildman–Crippen MR) is 73.3 cm³/mol. The van der Waals surface area contributed by atoms with Gasteiger partial charge in [-0.15, -0.1) is 0 Å². The van der Waals surface area contributed by atoms with Crippen LogP contribution in [-0.2, 0) is 6.54 Å². The van der Waals surface area contributed by atoms with Crippen molar-refractivity contribution in [1.82, 2.24) is 10.2 Å². The molecule has 3 atom stereocenters. The van der Waals surface area contributed by atoms with Gasteiger partial charge in [-0.2, -0.15) is 11.3 Å². The molecule has 0 amide bonds. The van der Waals surface area contributed by atoms with Crippen molar-refractivity contribution in [2.45, 2.75) is 31.8 Å². The van der Waals surface area contributed by atoms with Gasteiger partial charge in [-0.3, -0.25) is 0 Å². The molecule has 0 radical (unpaired) electrons. The van der Waals surface area contributed by atoms with Crippen LogP contribution >= 0.6 is 11.3 Å². The van der Waals surface area contributed by atoms with E-state index in [1.807, 2.05) is 0 Å². The smallest absolute Gasteiger partial charge is 0.0239 e. The van der Waals surface area contributed by atoms with Crippen molar-refractivity contribution in [3.63, 3.8) is 0 Å². The first-order valence-corrected chi connectivity index (χ1v) is 7.70. The average molecular weight is 250 g/mol. The third-order valence-electron chi connectivity index (χ3n) is 4.42. The fourth-order valence-corrected chi connectivity index (χ4v) is 4.26. The molecule has 1 aromatic rings. The number of nitrogens with one attached hydrogen (secondary N) is 1. The summed E-state index contributed by atoms with van der Waals surface area (Å²) >= 11 is 1.80. The minimum absolute atomic E-state index is 0.742. The van der Waals surface area contributed by atoms with Crippen LogP contribution in [0.25, 0.3) is 0 Å². The zero-order valence-corrected chi connectivity index (χ0v) is 11.4. The standard InChI is InChI=1S/C14H22N2S/c1-16(8-11-5-6-17-10-11)9-14-13-4-2-3-12(13)7-15-14/h5-6,10,12-15H,2-4,7-9H2,1H3. The lowest BCUT2D eigenvalue weighted by Gasteiger charge is -2.24. The Morgan fingerprint density at radius 2 is 2.41 bits per heavy atom. The fraction of sp³-hybridized carbons (Fsp3) is 0.714. The molecule has 1 aromatic heterocycles. The zero-order chi connectivity index (χ0) is 11.7. The Hall–Kier alpha value is -0.380. The van der Waals surface area contributed by atoms with Crippen LogP contribution in [0.1, 0.15) is 24.8 Å². The number of hydrogen-bond acceptors (Lipinski definition) is 3. The molecule has 1 saturated heterocycles. The molecule has 3 rings (SSSR count). The number of rotatable bonds is 4. The largest absolute Gasteiger partial charge is 0.312 e. The van der Waals surface area contributed by atoms with Crippen LogP contribution < -0.4 is 5.32 Å². The van der Waals surface area contributed by atoms with Gasteiger partial charge in [0.25, 0.3) is 0 Å². The zero-order valence-electron chi connectivity index (χ0n) is 10.6. The van der Waals surface area contributed by atoms with Gasteiger partial charge in [0.05, 0.1) is 0 Å². The maximum absolute atomic E-state index is 3.73. The van der Waals surface area contributed by atoms with Gasteiger partial charge in [0.15, 0.2) is 0 Å². The van der Waals surface area contributed by atoms with E-state index in [9.17, 15) is 0 Å². The van der Waals surface area contributed by atoms with E-state index in [0.29, 0.717) is 0 Å². The van der Waals surface area contributed by atoms with Crippen molar-refractivity contribution in [3.05, 3.63) is 22.4 Å². The van der Waals surface area contributed by atoms with Crippen LogP contribution in [0.4, 0.5) is 0 Å². The van der Waals surface area contributed by atoms with E-state index in [1.54, 1.807) is 11.3 Å². The molecule has 2 nitrogen and oxygen atoms in total. The third-order valence-corrected chi connectivity index (χ3v) is 5.15. The molecule has 3 unspecified atom stereocenters. The van der Waals surface area contributed by atoms with E-state index in [0.717, 1.165) is 24.4 Å². The summed E-state index contributed by atoms with van der Waals surface area (Å²) in [6, 6.07) is 2.98. The summed E-state index contributed by atoms with van der Waals surface area (Å²) in [6.45, 7) is 3.57. The average Bonchev–Trinajstić information content (AvgIpc) is 2.97. The molecule has 1 aliphatic heterocycles. The number of nitrogens with zero attached hydrogens (tertiary/aromatic N) is 1. The summed E-state index contributed by atoms with van der Waals surface area (Å²) in [7, 11) is 2.25. The number of hydrogen-bond donors (Lipinski definition) is 1. The van der Waals surface area contributed by atoms with Crippen LogP contribution in [0.2, 0.25) is 0 Å². The molecule has 1 aliphatic carbocycles. The van der Waals surface area contributed by atoms with Gasteiger partial charge in [-0.05, 0) is 60.7 Å². The molecule has 2 heterocycles. The second-order valence-corrected chi connectivity index (χ2v) is 6.48. The number of fused-ring (bicyclic) bond motifs is 1. The first-order valence-electron chi connectivity index (χ1n) is 6.76. The Balaban J connectivity index is 1.53. The van der Waals surface area contributed by atoms with Crippen molar-refractivity contribution in [1.29, 1.82) is 0 Å². The van der Waals surface area contributed by atoms with Gasteiger partial charge in [0.2, 0.25) is 0 Å². The number of thiophene rings is 1. The third kappa shape index (κ3) is 2.56. The molecule has 1 saturated carbocycles. The minimum Gasteiger partial charge on any atom is -0.312 e. The van der Waals surface area contributed by atoms with Crippen LogP contribution in [-0.4, -0.2) is 31.1 Å². The second-order valence-electron chi connectivity index (χ2n) is 5.70. The molecule has 0 spiro atoms. The van der Waals surface area contributed by atoms with Crippen LogP contribution in [0, 0.1) is 11.8 Å². The first-order chi connectivity index (χ1) is 8.33.